The van der Waals surface area contributed by atoms with Crippen LogP contribution in [0.2, 0.25) is 0 Å². The number of nitrogens with zero attached hydrogens (tertiary/aromatic N) is 2. The Morgan fingerprint density at radius 2 is 1.97 bits per heavy atom. The minimum Gasteiger partial charge on any atom is -0.381 e. The van der Waals surface area contributed by atoms with Crippen LogP contribution in [0, 0.1) is 6.92 Å². The molecular weight excluding hydrogens is 388 g/mol. The maximum Gasteiger partial charge on any atom is 0.191 e. The lowest BCUT2D eigenvalue weighted by Crippen LogP contribution is -2.48. The quantitative estimate of drug-likeness (QED) is 0.466. The van der Waals surface area contributed by atoms with E-state index in [-0.39, 0.29) is 6.54 Å². The van der Waals surface area contributed by atoms with Crippen molar-refractivity contribution in [3.8, 4) is 0 Å². The fraction of sp³-hybridized carbons (Fsp3) is 0.667. The van der Waals surface area contributed by atoms with Gasteiger partial charge in [-0.3, -0.25) is 4.99 Å². The van der Waals surface area contributed by atoms with E-state index in [0.717, 1.165) is 19.6 Å². The van der Waals surface area contributed by atoms with Crippen molar-refractivity contribution in [3.05, 3.63) is 29.8 Å². The molecule has 0 radical (unpaired) electrons. The number of aliphatic imine (C=N–C) groups is 1. The van der Waals surface area contributed by atoms with Crippen LogP contribution in [-0.2, 0) is 14.6 Å². The first-order valence-corrected chi connectivity index (χ1v) is 12.3. The molecule has 29 heavy (non-hydrogen) atoms. The van der Waals surface area contributed by atoms with E-state index in [1.807, 2.05) is 6.92 Å². The van der Waals surface area contributed by atoms with Gasteiger partial charge in [-0.25, -0.2) is 8.42 Å². The van der Waals surface area contributed by atoms with Crippen molar-refractivity contribution >= 4 is 21.5 Å². The van der Waals surface area contributed by atoms with E-state index in [9.17, 15) is 8.42 Å². The highest BCUT2D eigenvalue weighted by molar-refractivity contribution is 7.92. The highest BCUT2D eigenvalue weighted by Crippen LogP contribution is 2.29. The van der Waals surface area contributed by atoms with Gasteiger partial charge < -0.3 is 20.3 Å². The second kappa shape index (κ2) is 10.8. The first-order valence-electron chi connectivity index (χ1n) is 10.4. The summed E-state index contributed by atoms with van der Waals surface area (Å²) in [6.07, 6.45) is 2.30. The molecule has 0 saturated carbocycles. The summed E-state index contributed by atoms with van der Waals surface area (Å²) in [5.41, 5.74) is 2.45. The number of likely N-dealkylation sites (N-methyl/N-ethyl adjacent to an activating group) is 1. The number of benzene rings is 1. The summed E-state index contributed by atoms with van der Waals surface area (Å²) in [4.78, 5) is 6.93. The molecule has 8 heteroatoms. The minimum absolute atomic E-state index is 0.250. The summed E-state index contributed by atoms with van der Waals surface area (Å²) in [5.74, 6) is 0.655. The smallest absolute Gasteiger partial charge is 0.191 e. The Morgan fingerprint density at radius 3 is 2.55 bits per heavy atom. The van der Waals surface area contributed by atoms with Crippen molar-refractivity contribution in [3.63, 3.8) is 0 Å². The molecule has 2 N–H and O–H groups in total. The summed E-state index contributed by atoms with van der Waals surface area (Å²) in [6, 6.07) is 8.48. The normalized spacial score (nSPS) is 17.0. The van der Waals surface area contributed by atoms with Crippen LogP contribution in [0.5, 0.6) is 0 Å². The second-order valence-electron chi connectivity index (χ2n) is 7.61. The zero-order valence-corrected chi connectivity index (χ0v) is 19.0. The average molecular weight is 425 g/mol. The summed E-state index contributed by atoms with van der Waals surface area (Å²) in [7, 11) is -3.23. The molecule has 1 saturated heterocycles. The van der Waals surface area contributed by atoms with Gasteiger partial charge in [0, 0.05) is 51.3 Å². The van der Waals surface area contributed by atoms with Gasteiger partial charge in [-0.05, 0) is 51.3 Å². The topological polar surface area (TPSA) is 83.0 Å². The zero-order valence-electron chi connectivity index (χ0n) is 18.2. The maximum absolute atomic E-state index is 12.4. The maximum atomic E-state index is 12.4. The number of anilines is 1. The van der Waals surface area contributed by atoms with Crippen molar-refractivity contribution in [2.75, 3.05) is 57.1 Å². The van der Waals surface area contributed by atoms with E-state index < -0.39 is 14.6 Å². The predicted molar refractivity (Wildman–Crippen MR) is 121 cm³/mol. The SMILES string of the molecule is CCNC(=NCC1(S(C)(=O)=O)CCOCC1)NCCN(CC)c1cccc(C)c1. The van der Waals surface area contributed by atoms with Crippen LogP contribution in [0.25, 0.3) is 0 Å². The molecule has 0 amide bonds. The lowest BCUT2D eigenvalue weighted by atomic mass is 9.99. The number of nitrogens with one attached hydrogen (secondary N) is 2. The number of rotatable bonds is 9. The largest absolute Gasteiger partial charge is 0.381 e. The van der Waals surface area contributed by atoms with E-state index in [0.29, 0.717) is 38.6 Å². The molecule has 2 rings (SSSR count). The van der Waals surface area contributed by atoms with Crippen molar-refractivity contribution in [1.82, 2.24) is 10.6 Å². The Morgan fingerprint density at radius 1 is 1.24 bits per heavy atom. The van der Waals surface area contributed by atoms with Crippen molar-refractivity contribution in [1.29, 1.82) is 0 Å². The van der Waals surface area contributed by atoms with Gasteiger partial charge in [0.05, 0.1) is 11.3 Å². The Hall–Kier alpha value is -1.80. The predicted octanol–water partition coefficient (Wildman–Crippen LogP) is 1.97. The zero-order chi connectivity index (χ0) is 21.3. The van der Waals surface area contributed by atoms with Crippen LogP contribution < -0.4 is 15.5 Å². The Kier molecular flexibility index (Phi) is 8.77. The third-order valence-electron chi connectivity index (χ3n) is 5.48. The molecule has 0 spiro atoms. The van der Waals surface area contributed by atoms with Gasteiger partial charge in [0.1, 0.15) is 0 Å². The number of aryl methyl sites for hydroxylation is 1. The van der Waals surface area contributed by atoms with Gasteiger partial charge in [0.25, 0.3) is 0 Å². The number of guanidine groups is 1. The van der Waals surface area contributed by atoms with Crippen LogP contribution >= 0.6 is 0 Å². The van der Waals surface area contributed by atoms with E-state index in [4.69, 9.17) is 4.74 Å². The highest BCUT2D eigenvalue weighted by Gasteiger charge is 2.42. The standard InChI is InChI=1S/C21H36N4O3S/c1-5-22-20(24-17-21(29(4,26)27)10-14-28-15-11-21)23-12-13-25(6-2)19-9-7-8-18(3)16-19/h7-9,16H,5-6,10-15,17H2,1-4H3,(H2,22,23,24). The van der Waals surface area contributed by atoms with Gasteiger partial charge in [-0.1, -0.05) is 12.1 Å². The van der Waals surface area contributed by atoms with Crippen molar-refractivity contribution < 1.29 is 13.2 Å². The van der Waals surface area contributed by atoms with Crippen LogP contribution in [-0.4, -0.2) is 71.3 Å². The summed E-state index contributed by atoms with van der Waals surface area (Å²) >= 11 is 0. The Balaban J connectivity index is 2.01. The second-order valence-corrected chi connectivity index (χ2v) is 10.0. The van der Waals surface area contributed by atoms with E-state index in [1.54, 1.807) is 0 Å². The van der Waals surface area contributed by atoms with Crippen molar-refractivity contribution in [2.45, 2.75) is 38.4 Å². The van der Waals surface area contributed by atoms with E-state index >= 15 is 0 Å². The van der Waals surface area contributed by atoms with Crippen LogP contribution in [0.3, 0.4) is 0 Å². The lowest BCUT2D eigenvalue weighted by Gasteiger charge is -2.34. The van der Waals surface area contributed by atoms with E-state index in [2.05, 4.69) is 58.6 Å². The average Bonchev–Trinajstić information content (AvgIpc) is 2.69. The molecule has 1 aromatic rings. The molecule has 7 nitrogen and oxygen atoms in total. The van der Waals surface area contributed by atoms with Gasteiger partial charge in [0.2, 0.25) is 0 Å². The molecule has 0 aromatic heterocycles. The summed E-state index contributed by atoms with van der Waals surface area (Å²) < 4.78 is 29.4. The molecule has 0 unspecified atom stereocenters. The molecule has 1 heterocycles. The molecule has 1 aromatic carbocycles. The number of sulfone groups is 1. The third kappa shape index (κ3) is 6.60. The molecule has 164 valence electrons. The van der Waals surface area contributed by atoms with Crippen LogP contribution in [0.1, 0.15) is 32.3 Å². The first kappa shape index (κ1) is 23.5. The molecule has 1 aliphatic heterocycles. The molecule has 1 fully saturated rings. The lowest BCUT2D eigenvalue weighted by molar-refractivity contribution is 0.0768. The molecule has 0 bridgehead atoms. The van der Waals surface area contributed by atoms with Gasteiger partial charge in [0.15, 0.2) is 15.8 Å². The Labute approximate surface area is 175 Å². The van der Waals surface area contributed by atoms with Crippen LogP contribution in [0.4, 0.5) is 5.69 Å². The molecule has 1 aliphatic rings. The molecular formula is C21H36N4O3S. The Bertz CT molecular complexity index is 774. The highest BCUT2D eigenvalue weighted by atomic mass is 32.2. The number of hydrogen-bond donors (Lipinski definition) is 2. The van der Waals surface area contributed by atoms with Gasteiger partial charge >= 0.3 is 0 Å². The fourth-order valence-electron chi connectivity index (χ4n) is 3.56. The monoisotopic (exact) mass is 424 g/mol. The van der Waals surface area contributed by atoms with E-state index in [1.165, 1.54) is 17.5 Å². The van der Waals surface area contributed by atoms with Gasteiger partial charge in [-0.2, -0.15) is 0 Å². The summed E-state index contributed by atoms with van der Waals surface area (Å²) in [6.45, 7) is 10.6. The minimum atomic E-state index is -3.23. The van der Waals surface area contributed by atoms with Gasteiger partial charge in [-0.15, -0.1) is 0 Å². The third-order valence-corrected chi connectivity index (χ3v) is 7.59. The molecule has 0 atom stereocenters. The first-order chi connectivity index (χ1) is 13.8. The summed E-state index contributed by atoms with van der Waals surface area (Å²) in [5, 5.41) is 6.58. The van der Waals surface area contributed by atoms with Crippen LogP contribution in [0.15, 0.2) is 29.3 Å². The van der Waals surface area contributed by atoms with Crippen molar-refractivity contribution in [2.24, 2.45) is 4.99 Å². The number of ether oxygens (including phenoxy) is 1. The fourth-order valence-corrected chi connectivity index (χ4v) is 4.77. The molecule has 0 aliphatic carbocycles. The number of hydrogen-bond acceptors (Lipinski definition) is 5.